The number of carbonyl (C=O) groups is 1. The molecule has 0 aromatic heterocycles. The van der Waals surface area contributed by atoms with Crippen LogP contribution in [0, 0.1) is 12.7 Å². The highest BCUT2D eigenvalue weighted by Crippen LogP contribution is 2.24. The summed E-state index contributed by atoms with van der Waals surface area (Å²) in [6.45, 7) is 1.91. The van der Waals surface area contributed by atoms with Crippen LogP contribution in [0.2, 0.25) is 5.02 Å². The highest BCUT2D eigenvalue weighted by molar-refractivity contribution is 6.30. The normalized spacial score (nSPS) is 12.2. The Bertz CT molecular complexity index is 640. The van der Waals surface area contributed by atoms with Gasteiger partial charge in [0.15, 0.2) is 0 Å². The molecule has 0 bridgehead atoms. The molecular weight excluding hydrogens is 279 g/mol. The lowest BCUT2D eigenvalue weighted by atomic mass is 9.91. The van der Waals surface area contributed by atoms with Crippen molar-refractivity contribution in [3.05, 3.63) is 70.0 Å². The van der Waals surface area contributed by atoms with Crippen molar-refractivity contribution in [3.63, 3.8) is 0 Å². The van der Waals surface area contributed by atoms with Crippen LogP contribution in [0.1, 0.15) is 22.6 Å². The topological polar surface area (TPSA) is 37.3 Å². The third-order valence-electron chi connectivity index (χ3n) is 3.17. The van der Waals surface area contributed by atoms with Crippen LogP contribution < -0.4 is 0 Å². The van der Waals surface area contributed by atoms with Crippen molar-refractivity contribution in [1.82, 2.24) is 0 Å². The molecule has 0 spiro atoms. The first-order valence-corrected chi connectivity index (χ1v) is 6.58. The maximum absolute atomic E-state index is 13.4. The molecule has 0 saturated carbocycles. The molecule has 0 aliphatic heterocycles. The third-order valence-corrected chi connectivity index (χ3v) is 3.47. The molecule has 2 aromatic carbocycles. The van der Waals surface area contributed by atoms with E-state index in [0.717, 1.165) is 5.56 Å². The average Bonchev–Trinajstić information content (AvgIpc) is 2.39. The van der Waals surface area contributed by atoms with Crippen LogP contribution in [0.3, 0.4) is 0 Å². The number of rotatable bonds is 4. The van der Waals surface area contributed by atoms with Crippen molar-refractivity contribution < 1.29 is 14.3 Å². The van der Waals surface area contributed by atoms with Crippen LogP contribution in [0.25, 0.3) is 0 Å². The number of carboxylic acid groups (broad SMARTS) is 1. The molecule has 0 aliphatic carbocycles. The molecule has 1 unspecified atom stereocenters. The number of aliphatic carboxylic acids is 1. The fraction of sp³-hybridized carbons (Fsp3) is 0.188. The van der Waals surface area contributed by atoms with Crippen molar-refractivity contribution >= 4 is 17.6 Å². The van der Waals surface area contributed by atoms with E-state index in [4.69, 9.17) is 11.6 Å². The standard InChI is InChI=1S/C16H14ClFO2/c1-10-3-2-4-12(7-10)13(16(19)20)8-11-5-6-14(17)15(18)9-11/h2-7,9,13H,8H2,1H3,(H,19,20). The first-order valence-electron chi connectivity index (χ1n) is 6.20. The van der Waals surface area contributed by atoms with E-state index in [9.17, 15) is 14.3 Å². The molecule has 0 heterocycles. The van der Waals surface area contributed by atoms with Gasteiger partial charge in [0.1, 0.15) is 5.82 Å². The van der Waals surface area contributed by atoms with E-state index in [1.807, 2.05) is 25.1 Å². The van der Waals surface area contributed by atoms with Gasteiger partial charge < -0.3 is 5.11 Å². The number of hydrogen-bond acceptors (Lipinski definition) is 1. The largest absolute Gasteiger partial charge is 0.481 e. The summed E-state index contributed by atoms with van der Waals surface area (Å²) in [4.78, 5) is 11.4. The van der Waals surface area contributed by atoms with Gasteiger partial charge in [-0.05, 0) is 36.6 Å². The molecule has 0 aliphatic rings. The lowest BCUT2D eigenvalue weighted by molar-refractivity contribution is -0.138. The molecule has 104 valence electrons. The Morgan fingerprint density at radius 3 is 2.65 bits per heavy atom. The summed E-state index contributed by atoms with van der Waals surface area (Å²) < 4.78 is 13.4. The van der Waals surface area contributed by atoms with Gasteiger partial charge in [-0.1, -0.05) is 47.5 Å². The molecule has 0 saturated heterocycles. The van der Waals surface area contributed by atoms with Crippen LogP contribution in [-0.2, 0) is 11.2 Å². The van der Waals surface area contributed by atoms with E-state index in [2.05, 4.69) is 0 Å². The Labute approximate surface area is 121 Å². The SMILES string of the molecule is Cc1cccc(C(Cc2ccc(Cl)c(F)c2)C(=O)O)c1. The van der Waals surface area contributed by atoms with Crippen LogP contribution >= 0.6 is 11.6 Å². The molecule has 0 fully saturated rings. The minimum atomic E-state index is -0.925. The van der Waals surface area contributed by atoms with E-state index in [1.165, 1.54) is 12.1 Å². The number of carboxylic acids is 1. The van der Waals surface area contributed by atoms with E-state index in [0.29, 0.717) is 11.1 Å². The van der Waals surface area contributed by atoms with Crippen LogP contribution in [-0.4, -0.2) is 11.1 Å². The van der Waals surface area contributed by atoms with Gasteiger partial charge >= 0.3 is 5.97 Å². The molecule has 0 amide bonds. The summed E-state index contributed by atoms with van der Waals surface area (Å²) in [6, 6.07) is 11.7. The minimum absolute atomic E-state index is 0.0381. The molecule has 20 heavy (non-hydrogen) atoms. The Morgan fingerprint density at radius 2 is 2.05 bits per heavy atom. The Kier molecular flexibility index (Phi) is 4.40. The summed E-state index contributed by atoms with van der Waals surface area (Å²) in [5.41, 5.74) is 2.32. The molecule has 2 aromatic rings. The zero-order chi connectivity index (χ0) is 14.7. The second-order valence-electron chi connectivity index (χ2n) is 4.76. The Morgan fingerprint density at radius 1 is 1.30 bits per heavy atom. The second kappa shape index (κ2) is 6.06. The van der Waals surface area contributed by atoms with Gasteiger partial charge in [0.25, 0.3) is 0 Å². The van der Waals surface area contributed by atoms with Gasteiger partial charge in [-0.3, -0.25) is 4.79 Å². The number of benzene rings is 2. The smallest absolute Gasteiger partial charge is 0.311 e. The highest BCUT2D eigenvalue weighted by atomic mass is 35.5. The quantitative estimate of drug-likeness (QED) is 0.917. The van der Waals surface area contributed by atoms with Crippen LogP contribution in [0.15, 0.2) is 42.5 Å². The van der Waals surface area contributed by atoms with E-state index < -0.39 is 17.7 Å². The zero-order valence-corrected chi connectivity index (χ0v) is 11.7. The van der Waals surface area contributed by atoms with Gasteiger partial charge in [0.2, 0.25) is 0 Å². The molecule has 4 heteroatoms. The molecule has 2 nitrogen and oxygen atoms in total. The highest BCUT2D eigenvalue weighted by Gasteiger charge is 2.20. The number of hydrogen-bond donors (Lipinski definition) is 1. The van der Waals surface area contributed by atoms with Gasteiger partial charge in [-0.25, -0.2) is 4.39 Å². The Hall–Kier alpha value is -1.87. The average molecular weight is 293 g/mol. The van der Waals surface area contributed by atoms with Crippen LogP contribution in [0.4, 0.5) is 4.39 Å². The van der Waals surface area contributed by atoms with E-state index in [-0.39, 0.29) is 11.4 Å². The summed E-state index contributed by atoms with van der Waals surface area (Å²) in [5.74, 6) is -2.15. The maximum Gasteiger partial charge on any atom is 0.311 e. The first kappa shape index (κ1) is 14.5. The predicted molar refractivity (Wildman–Crippen MR) is 76.7 cm³/mol. The van der Waals surface area contributed by atoms with E-state index in [1.54, 1.807) is 12.1 Å². The van der Waals surface area contributed by atoms with Crippen molar-refractivity contribution in [2.45, 2.75) is 19.3 Å². The lowest BCUT2D eigenvalue weighted by Crippen LogP contribution is -2.14. The zero-order valence-electron chi connectivity index (χ0n) is 10.9. The number of halogens is 2. The fourth-order valence-corrected chi connectivity index (χ4v) is 2.25. The Balaban J connectivity index is 2.30. The molecule has 1 N–H and O–H groups in total. The van der Waals surface area contributed by atoms with Crippen molar-refractivity contribution in [3.8, 4) is 0 Å². The summed E-state index contributed by atoms with van der Waals surface area (Å²) in [7, 11) is 0. The minimum Gasteiger partial charge on any atom is -0.481 e. The second-order valence-corrected chi connectivity index (χ2v) is 5.16. The van der Waals surface area contributed by atoms with Crippen molar-refractivity contribution in [2.24, 2.45) is 0 Å². The summed E-state index contributed by atoms with van der Waals surface area (Å²) >= 11 is 5.63. The third kappa shape index (κ3) is 3.36. The first-order chi connectivity index (χ1) is 9.47. The summed E-state index contributed by atoms with van der Waals surface area (Å²) in [6.07, 6.45) is 0.229. The van der Waals surface area contributed by atoms with Gasteiger partial charge in [0, 0.05) is 0 Å². The van der Waals surface area contributed by atoms with Crippen molar-refractivity contribution in [2.75, 3.05) is 0 Å². The van der Waals surface area contributed by atoms with Gasteiger partial charge in [-0.2, -0.15) is 0 Å². The molecule has 2 rings (SSSR count). The van der Waals surface area contributed by atoms with Gasteiger partial charge in [0.05, 0.1) is 10.9 Å². The molecular formula is C16H14ClFO2. The number of aryl methyl sites for hydroxylation is 1. The maximum atomic E-state index is 13.4. The summed E-state index contributed by atoms with van der Waals surface area (Å²) in [5, 5.41) is 9.42. The molecule has 1 atom stereocenters. The van der Waals surface area contributed by atoms with E-state index >= 15 is 0 Å². The van der Waals surface area contributed by atoms with Gasteiger partial charge in [-0.15, -0.1) is 0 Å². The lowest BCUT2D eigenvalue weighted by Gasteiger charge is -2.14. The molecule has 0 radical (unpaired) electrons. The fourth-order valence-electron chi connectivity index (χ4n) is 2.14. The monoisotopic (exact) mass is 292 g/mol. The van der Waals surface area contributed by atoms with Crippen LogP contribution in [0.5, 0.6) is 0 Å². The predicted octanol–water partition coefficient (Wildman–Crippen LogP) is 4.20. The van der Waals surface area contributed by atoms with Crippen molar-refractivity contribution in [1.29, 1.82) is 0 Å².